The first kappa shape index (κ1) is 17.7. The number of benzene rings is 1. The first-order valence-electron chi connectivity index (χ1n) is 8.41. The zero-order chi connectivity index (χ0) is 19.0. The molecule has 10 heteroatoms. The van der Waals surface area contributed by atoms with E-state index in [1.54, 1.807) is 18.2 Å². The fourth-order valence-corrected chi connectivity index (χ4v) is 3.11. The second kappa shape index (κ2) is 6.76. The van der Waals surface area contributed by atoms with Gasteiger partial charge in [-0.1, -0.05) is 12.1 Å². The Morgan fingerprint density at radius 2 is 1.59 bits per heavy atom. The van der Waals surface area contributed by atoms with E-state index in [9.17, 15) is 17.6 Å². The Morgan fingerprint density at radius 1 is 0.889 bits per heavy atom. The average Bonchev–Trinajstić information content (AvgIpc) is 3.08. The monoisotopic (exact) mass is 380 g/mol. The third-order valence-corrected chi connectivity index (χ3v) is 4.52. The van der Waals surface area contributed by atoms with Gasteiger partial charge in [0.2, 0.25) is 0 Å². The van der Waals surface area contributed by atoms with E-state index in [0.29, 0.717) is 25.5 Å². The third kappa shape index (κ3) is 3.70. The lowest BCUT2D eigenvalue weighted by Crippen LogP contribution is -2.46. The Morgan fingerprint density at radius 3 is 2.26 bits per heavy atom. The van der Waals surface area contributed by atoms with Gasteiger partial charge in [0.05, 0.1) is 0 Å². The van der Waals surface area contributed by atoms with Gasteiger partial charge in [0.15, 0.2) is 5.65 Å². The highest BCUT2D eigenvalue weighted by Gasteiger charge is 2.37. The van der Waals surface area contributed by atoms with Crippen LogP contribution in [-0.4, -0.2) is 50.9 Å². The van der Waals surface area contributed by atoms with Crippen LogP contribution in [0, 0.1) is 5.82 Å². The molecule has 4 rings (SSSR count). The summed E-state index contributed by atoms with van der Waals surface area (Å²) in [6.45, 7) is 3.41. The summed E-state index contributed by atoms with van der Waals surface area (Å²) in [5.41, 5.74) is 1.07. The topological polar surface area (TPSA) is 49.6 Å². The summed E-state index contributed by atoms with van der Waals surface area (Å²) >= 11 is 0. The molecule has 142 valence electrons. The van der Waals surface area contributed by atoms with Gasteiger partial charge < -0.3 is 4.90 Å². The van der Waals surface area contributed by atoms with Crippen molar-refractivity contribution in [1.82, 2.24) is 24.7 Å². The van der Waals surface area contributed by atoms with Crippen LogP contribution in [0.1, 0.15) is 11.4 Å². The number of fused-ring (bicyclic) bond motifs is 1. The number of rotatable bonds is 3. The summed E-state index contributed by atoms with van der Waals surface area (Å²) in [6, 6.07) is 9.50. The minimum absolute atomic E-state index is 0.0565. The fourth-order valence-electron chi connectivity index (χ4n) is 3.11. The second-order valence-corrected chi connectivity index (χ2v) is 6.37. The Kier molecular flexibility index (Phi) is 4.42. The standard InChI is InChI=1S/C17H16F4N6/c18-13-3-1-12(2-4-13)11-25-7-9-26(10-8-25)15-6-5-14-22-23-16(17(19,20)21)27(14)24-15/h1-6H,7-11H2. The first-order chi connectivity index (χ1) is 12.9. The van der Waals surface area contributed by atoms with Crippen molar-refractivity contribution >= 4 is 11.5 Å². The van der Waals surface area contributed by atoms with E-state index in [-0.39, 0.29) is 11.5 Å². The van der Waals surface area contributed by atoms with Gasteiger partial charge in [-0.2, -0.15) is 17.7 Å². The van der Waals surface area contributed by atoms with Crippen LogP contribution < -0.4 is 4.90 Å². The molecule has 0 unspecified atom stereocenters. The van der Waals surface area contributed by atoms with Crippen molar-refractivity contribution < 1.29 is 17.6 Å². The minimum Gasteiger partial charge on any atom is -0.353 e. The van der Waals surface area contributed by atoms with E-state index in [0.717, 1.165) is 23.2 Å². The molecule has 0 spiro atoms. The molecule has 6 nitrogen and oxygen atoms in total. The molecular formula is C17H16F4N6. The highest BCUT2D eigenvalue weighted by atomic mass is 19.4. The molecule has 1 saturated heterocycles. The van der Waals surface area contributed by atoms with Gasteiger partial charge in [0.25, 0.3) is 5.82 Å². The molecule has 1 aliphatic heterocycles. The minimum atomic E-state index is -4.61. The van der Waals surface area contributed by atoms with Crippen LogP contribution in [0.5, 0.6) is 0 Å². The van der Waals surface area contributed by atoms with Crippen LogP contribution in [0.4, 0.5) is 23.4 Å². The van der Waals surface area contributed by atoms with Crippen molar-refractivity contribution in [2.75, 3.05) is 31.1 Å². The number of anilines is 1. The summed E-state index contributed by atoms with van der Waals surface area (Å²) < 4.78 is 52.7. The maximum Gasteiger partial charge on any atom is 0.453 e. The largest absolute Gasteiger partial charge is 0.453 e. The van der Waals surface area contributed by atoms with E-state index < -0.39 is 12.0 Å². The predicted molar refractivity (Wildman–Crippen MR) is 89.7 cm³/mol. The van der Waals surface area contributed by atoms with E-state index in [1.807, 2.05) is 4.90 Å². The number of piperazine rings is 1. The SMILES string of the molecule is Fc1ccc(CN2CCN(c3ccc4nnc(C(F)(F)F)n4n3)CC2)cc1. The number of nitrogens with zero attached hydrogens (tertiary/aromatic N) is 6. The molecule has 3 heterocycles. The first-order valence-corrected chi connectivity index (χ1v) is 8.41. The molecule has 0 atom stereocenters. The smallest absolute Gasteiger partial charge is 0.353 e. The van der Waals surface area contributed by atoms with Gasteiger partial charge in [0.1, 0.15) is 11.6 Å². The third-order valence-electron chi connectivity index (χ3n) is 4.52. The van der Waals surface area contributed by atoms with Crippen molar-refractivity contribution in [1.29, 1.82) is 0 Å². The Balaban J connectivity index is 1.45. The maximum atomic E-state index is 13.0. The molecule has 0 saturated carbocycles. The van der Waals surface area contributed by atoms with Gasteiger partial charge in [-0.15, -0.1) is 15.3 Å². The van der Waals surface area contributed by atoms with E-state index in [2.05, 4.69) is 20.2 Å². The van der Waals surface area contributed by atoms with E-state index in [4.69, 9.17) is 0 Å². The summed E-state index contributed by atoms with van der Waals surface area (Å²) in [5, 5.41) is 10.8. The Labute approximate surface area is 152 Å². The molecule has 0 aliphatic carbocycles. The van der Waals surface area contributed by atoms with Crippen molar-refractivity contribution in [3.05, 3.63) is 53.6 Å². The molecule has 27 heavy (non-hydrogen) atoms. The van der Waals surface area contributed by atoms with Crippen molar-refractivity contribution in [3.8, 4) is 0 Å². The molecule has 1 fully saturated rings. The van der Waals surface area contributed by atoms with Crippen LogP contribution in [0.2, 0.25) is 0 Å². The Hall–Kier alpha value is -2.75. The fraction of sp³-hybridized carbons (Fsp3) is 0.353. The van der Waals surface area contributed by atoms with E-state index in [1.165, 1.54) is 18.2 Å². The molecule has 0 amide bonds. The number of hydrogen-bond acceptors (Lipinski definition) is 5. The lowest BCUT2D eigenvalue weighted by Gasteiger charge is -2.35. The van der Waals surface area contributed by atoms with Gasteiger partial charge >= 0.3 is 6.18 Å². The molecule has 2 aromatic heterocycles. The molecule has 1 aromatic carbocycles. The molecular weight excluding hydrogens is 364 g/mol. The highest BCUT2D eigenvalue weighted by Crippen LogP contribution is 2.28. The molecule has 0 bridgehead atoms. The van der Waals surface area contributed by atoms with Crippen molar-refractivity contribution in [2.45, 2.75) is 12.7 Å². The van der Waals surface area contributed by atoms with Crippen LogP contribution in [-0.2, 0) is 12.7 Å². The summed E-state index contributed by atoms with van der Waals surface area (Å²) in [6.07, 6.45) is -4.61. The van der Waals surface area contributed by atoms with Gasteiger partial charge in [0, 0.05) is 32.7 Å². The van der Waals surface area contributed by atoms with Crippen molar-refractivity contribution in [2.24, 2.45) is 0 Å². The van der Waals surface area contributed by atoms with Gasteiger partial charge in [-0.3, -0.25) is 4.90 Å². The average molecular weight is 380 g/mol. The number of alkyl halides is 3. The zero-order valence-electron chi connectivity index (χ0n) is 14.2. The number of aromatic nitrogens is 4. The lowest BCUT2D eigenvalue weighted by atomic mass is 10.2. The Bertz CT molecular complexity index is 929. The summed E-state index contributed by atoms with van der Waals surface area (Å²) in [5.74, 6) is -0.944. The number of halogens is 4. The second-order valence-electron chi connectivity index (χ2n) is 6.37. The normalized spacial score (nSPS) is 16.2. The zero-order valence-corrected chi connectivity index (χ0v) is 14.2. The molecule has 0 N–H and O–H groups in total. The predicted octanol–water partition coefficient (Wildman–Crippen LogP) is 2.60. The maximum absolute atomic E-state index is 13.0. The van der Waals surface area contributed by atoms with Crippen LogP contribution in [0.3, 0.4) is 0 Å². The quantitative estimate of drug-likeness (QED) is 0.654. The molecule has 1 aliphatic rings. The van der Waals surface area contributed by atoms with Crippen molar-refractivity contribution in [3.63, 3.8) is 0 Å². The summed E-state index contributed by atoms with van der Waals surface area (Å²) in [4.78, 5) is 4.14. The molecule has 3 aromatic rings. The van der Waals surface area contributed by atoms with Crippen LogP contribution in [0.25, 0.3) is 5.65 Å². The summed E-state index contributed by atoms with van der Waals surface area (Å²) in [7, 11) is 0. The molecule has 0 radical (unpaired) electrons. The van der Waals surface area contributed by atoms with Crippen LogP contribution in [0.15, 0.2) is 36.4 Å². The highest BCUT2D eigenvalue weighted by molar-refractivity contribution is 5.46. The van der Waals surface area contributed by atoms with E-state index >= 15 is 0 Å². The van der Waals surface area contributed by atoms with Gasteiger partial charge in [-0.25, -0.2) is 4.39 Å². The number of hydrogen-bond donors (Lipinski definition) is 0. The van der Waals surface area contributed by atoms with Gasteiger partial charge in [-0.05, 0) is 29.8 Å². The lowest BCUT2D eigenvalue weighted by molar-refractivity contribution is -0.146. The van der Waals surface area contributed by atoms with Crippen LogP contribution >= 0.6 is 0 Å².